The Morgan fingerprint density at radius 3 is 2.26 bits per heavy atom. The first-order valence-corrected chi connectivity index (χ1v) is 13.7. The monoisotopic (exact) mass is 488 g/mol. The molecular weight excluding hydrogens is 452 g/mol. The molecule has 3 aromatic rings. The topological polar surface area (TPSA) is 38.8 Å². The average molecular weight is 489 g/mol. The number of thiophene rings is 1. The maximum Gasteiger partial charge on any atom is 0.224 e. The Bertz CT molecular complexity index is 1040. The number of piperazine rings is 1. The molecule has 2 aliphatic rings. The zero-order valence-electron chi connectivity index (χ0n) is 20.4. The molecule has 2 aliphatic heterocycles. The predicted molar refractivity (Wildman–Crippen MR) is 145 cm³/mol. The van der Waals surface area contributed by atoms with Crippen molar-refractivity contribution >= 4 is 22.9 Å². The van der Waals surface area contributed by atoms with E-state index in [1.807, 2.05) is 41.7 Å². The molecule has 0 radical (unpaired) electrons. The molecule has 0 spiro atoms. The maximum atomic E-state index is 12.3. The highest BCUT2D eigenvalue weighted by atomic mass is 32.1. The zero-order valence-corrected chi connectivity index (χ0v) is 21.3. The van der Waals surface area contributed by atoms with E-state index in [0.717, 1.165) is 30.8 Å². The van der Waals surface area contributed by atoms with E-state index < -0.39 is 0 Å². The molecule has 6 heteroatoms. The number of benzene rings is 2. The van der Waals surface area contributed by atoms with E-state index in [1.165, 1.54) is 49.6 Å². The predicted octanol–water partition coefficient (Wildman–Crippen LogP) is 4.39. The number of carbonyl (C=O) groups excluding carboxylic acids is 1. The van der Waals surface area contributed by atoms with Crippen LogP contribution in [0.25, 0.3) is 0 Å². The molecule has 2 fully saturated rings. The quantitative estimate of drug-likeness (QED) is 0.510. The van der Waals surface area contributed by atoms with Crippen LogP contribution in [0.4, 0.5) is 5.69 Å². The van der Waals surface area contributed by atoms with Crippen molar-refractivity contribution in [2.45, 2.75) is 38.4 Å². The van der Waals surface area contributed by atoms with Gasteiger partial charge in [0.25, 0.3) is 0 Å². The molecule has 1 N–H and O–H groups in total. The molecule has 3 heterocycles. The molecule has 35 heavy (non-hydrogen) atoms. The highest BCUT2D eigenvalue weighted by Gasteiger charge is 2.27. The van der Waals surface area contributed by atoms with Crippen molar-refractivity contribution in [3.63, 3.8) is 0 Å². The first-order valence-electron chi connectivity index (χ1n) is 12.9. The summed E-state index contributed by atoms with van der Waals surface area (Å²) in [5.74, 6) is 0.0675. The third kappa shape index (κ3) is 6.72. The van der Waals surface area contributed by atoms with Gasteiger partial charge in [-0.15, -0.1) is 11.3 Å². The van der Waals surface area contributed by atoms with Gasteiger partial charge in [0.05, 0.1) is 6.42 Å². The minimum Gasteiger partial charge on any atom is -0.371 e. The Hall–Kier alpha value is -2.67. The number of hydrogen-bond donors (Lipinski definition) is 1. The van der Waals surface area contributed by atoms with Crippen LogP contribution in [0.15, 0.2) is 72.1 Å². The van der Waals surface area contributed by atoms with Gasteiger partial charge < -0.3 is 10.2 Å². The van der Waals surface area contributed by atoms with Crippen LogP contribution < -0.4 is 10.2 Å². The third-order valence-electron chi connectivity index (χ3n) is 7.35. The summed E-state index contributed by atoms with van der Waals surface area (Å²) in [7, 11) is 0. The summed E-state index contributed by atoms with van der Waals surface area (Å²) in [6.07, 6.45) is 2.89. The summed E-state index contributed by atoms with van der Waals surface area (Å²) in [4.78, 5) is 21.6. The van der Waals surface area contributed by atoms with Gasteiger partial charge in [0, 0.05) is 69.0 Å². The molecule has 5 rings (SSSR count). The smallest absolute Gasteiger partial charge is 0.224 e. The van der Waals surface area contributed by atoms with Crippen LogP contribution in [0.1, 0.15) is 28.8 Å². The first kappa shape index (κ1) is 24.0. The minimum atomic E-state index is 0.0675. The van der Waals surface area contributed by atoms with Crippen LogP contribution in [0.3, 0.4) is 0 Å². The molecule has 184 valence electrons. The van der Waals surface area contributed by atoms with Crippen molar-refractivity contribution in [3.8, 4) is 0 Å². The lowest BCUT2D eigenvalue weighted by molar-refractivity contribution is -0.120. The summed E-state index contributed by atoms with van der Waals surface area (Å²) in [6, 6.07) is 23.7. The molecule has 0 saturated carbocycles. The van der Waals surface area contributed by atoms with E-state index in [4.69, 9.17) is 0 Å². The van der Waals surface area contributed by atoms with Crippen molar-refractivity contribution in [3.05, 3.63) is 88.1 Å². The molecule has 5 nitrogen and oxygen atoms in total. The molecule has 0 aliphatic carbocycles. The van der Waals surface area contributed by atoms with Gasteiger partial charge in [-0.05, 0) is 47.5 Å². The summed E-state index contributed by atoms with van der Waals surface area (Å²) in [5, 5.41) is 5.20. The normalized spacial score (nSPS) is 18.0. The van der Waals surface area contributed by atoms with Gasteiger partial charge in [-0.25, -0.2) is 0 Å². The number of anilines is 1. The number of carbonyl (C=O) groups is 1. The van der Waals surface area contributed by atoms with Crippen LogP contribution in [0.2, 0.25) is 0 Å². The Labute approximate surface area is 213 Å². The Kier molecular flexibility index (Phi) is 8.14. The first-order chi connectivity index (χ1) is 17.2. The number of nitrogens with one attached hydrogen (secondary N) is 1. The van der Waals surface area contributed by atoms with Crippen molar-refractivity contribution in [1.82, 2.24) is 15.1 Å². The van der Waals surface area contributed by atoms with Crippen molar-refractivity contribution < 1.29 is 4.79 Å². The van der Waals surface area contributed by atoms with Crippen LogP contribution >= 0.6 is 11.3 Å². The third-order valence-corrected chi connectivity index (χ3v) is 8.21. The number of amides is 1. The van der Waals surface area contributed by atoms with E-state index in [-0.39, 0.29) is 5.91 Å². The fourth-order valence-electron chi connectivity index (χ4n) is 5.27. The lowest BCUT2D eigenvalue weighted by atomic mass is 10.0. The van der Waals surface area contributed by atoms with Crippen molar-refractivity contribution in [2.24, 2.45) is 0 Å². The van der Waals surface area contributed by atoms with E-state index >= 15 is 0 Å². The van der Waals surface area contributed by atoms with Crippen LogP contribution in [-0.4, -0.2) is 61.0 Å². The summed E-state index contributed by atoms with van der Waals surface area (Å²) in [5.41, 5.74) is 3.46. The molecule has 1 aromatic heterocycles. The van der Waals surface area contributed by atoms with E-state index in [0.29, 0.717) is 19.0 Å². The zero-order chi connectivity index (χ0) is 23.9. The van der Waals surface area contributed by atoms with Crippen LogP contribution in [-0.2, 0) is 24.3 Å². The van der Waals surface area contributed by atoms with Gasteiger partial charge >= 0.3 is 0 Å². The van der Waals surface area contributed by atoms with E-state index in [9.17, 15) is 4.79 Å². The van der Waals surface area contributed by atoms with Gasteiger partial charge in [0.1, 0.15) is 0 Å². The van der Waals surface area contributed by atoms with E-state index in [2.05, 4.69) is 61.8 Å². The van der Waals surface area contributed by atoms with Crippen LogP contribution in [0.5, 0.6) is 0 Å². The molecular formula is C29H36N4OS. The Morgan fingerprint density at radius 1 is 0.829 bits per heavy atom. The summed E-state index contributed by atoms with van der Waals surface area (Å²) < 4.78 is 0. The van der Waals surface area contributed by atoms with E-state index in [1.54, 1.807) is 0 Å². The molecule has 0 bridgehead atoms. The molecule has 0 atom stereocenters. The van der Waals surface area contributed by atoms with Gasteiger partial charge in [-0.3, -0.25) is 14.6 Å². The number of piperidine rings is 1. The number of rotatable bonds is 8. The SMILES string of the molecule is O=C(Cc1ccc(N2CCC(N3CCN(Cc4cccs4)CC3)CC2)cc1)NCc1ccccc1. The fourth-order valence-corrected chi connectivity index (χ4v) is 6.01. The average Bonchev–Trinajstić information content (AvgIpc) is 3.42. The van der Waals surface area contributed by atoms with Gasteiger partial charge in [0.15, 0.2) is 0 Å². The standard InChI is InChI=1S/C29H36N4OS/c34-29(30-22-25-5-2-1-3-6-25)21-24-8-10-26(11-9-24)32-14-12-27(13-15-32)33-18-16-31(17-19-33)23-28-7-4-20-35-28/h1-11,20,27H,12-19,21-23H2,(H,30,34). The Balaban J connectivity index is 1.03. The molecule has 2 aromatic carbocycles. The second-order valence-electron chi connectivity index (χ2n) is 9.72. The highest BCUT2D eigenvalue weighted by molar-refractivity contribution is 7.09. The second-order valence-corrected chi connectivity index (χ2v) is 10.7. The summed E-state index contributed by atoms with van der Waals surface area (Å²) in [6.45, 7) is 8.64. The molecule has 2 saturated heterocycles. The molecule has 0 unspecified atom stereocenters. The van der Waals surface area contributed by atoms with Gasteiger partial charge in [0.2, 0.25) is 5.91 Å². The van der Waals surface area contributed by atoms with Gasteiger partial charge in [-0.2, -0.15) is 0 Å². The molecule has 1 amide bonds. The summed E-state index contributed by atoms with van der Waals surface area (Å²) >= 11 is 1.87. The van der Waals surface area contributed by atoms with Gasteiger partial charge in [-0.1, -0.05) is 48.5 Å². The highest BCUT2D eigenvalue weighted by Crippen LogP contribution is 2.24. The number of nitrogens with zero attached hydrogens (tertiary/aromatic N) is 3. The minimum absolute atomic E-state index is 0.0675. The Morgan fingerprint density at radius 2 is 1.57 bits per heavy atom. The van der Waals surface area contributed by atoms with Crippen molar-refractivity contribution in [1.29, 1.82) is 0 Å². The largest absolute Gasteiger partial charge is 0.371 e. The van der Waals surface area contributed by atoms with Crippen LogP contribution in [0, 0.1) is 0 Å². The fraction of sp³-hybridized carbons (Fsp3) is 0.414. The second kappa shape index (κ2) is 11.8. The lowest BCUT2D eigenvalue weighted by Crippen LogP contribution is -2.53. The number of hydrogen-bond acceptors (Lipinski definition) is 5. The maximum absolute atomic E-state index is 12.3. The van der Waals surface area contributed by atoms with Crippen molar-refractivity contribution in [2.75, 3.05) is 44.2 Å². The lowest BCUT2D eigenvalue weighted by Gasteiger charge is -2.43.